The van der Waals surface area contributed by atoms with E-state index in [1.165, 1.54) is 6.07 Å². The Hall–Kier alpha value is -5.88. The van der Waals surface area contributed by atoms with Gasteiger partial charge in [-0.2, -0.15) is 5.26 Å². The van der Waals surface area contributed by atoms with Gasteiger partial charge < -0.3 is 15.0 Å². The summed E-state index contributed by atoms with van der Waals surface area (Å²) in [4.78, 5) is 17.3. The maximum absolute atomic E-state index is 17.1. The first-order chi connectivity index (χ1) is 24.7. The summed E-state index contributed by atoms with van der Waals surface area (Å²) in [6.45, 7) is 1.93. The Labute approximate surface area is 292 Å². The quantitative estimate of drug-likeness (QED) is 0.175. The third-order valence-electron chi connectivity index (χ3n) is 10.7. The highest BCUT2D eigenvalue weighted by molar-refractivity contribution is 5.99. The van der Waals surface area contributed by atoms with Gasteiger partial charge in [0.05, 0.1) is 22.7 Å². The number of anilines is 1. The summed E-state index contributed by atoms with van der Waals surface area (Å²) in [7, 11) is 0. The van der Waals surface area contributed by atoms with Crippen LogP contribution in [-0.2, 0) is 4.79 Å². The summed E-state index contributed by atoms with van der Waals surface area (Å²) in [5.41, 5.74) is 4.01. The minimum Gasteiger partial charge on any atom is -0.481 e. The van der Waals surface area contributed by atoms with Crippen LogP contribution in [-0.4, -0.2) is 26.7 Å². The molecule has 3 aliphatic rings. The first-order valence-corrected chi connectivity index (χ1v) is 17.1. The molecule has 254 valence electrons. The van der Waals surface area contributed by atoms with Crippen molar-refractivity contribution in [3.63, 3.8) is 0 Å². The summed E-state index contributed by atoms with van der Waals surface area (Å²) < 4.78 is 49.3. The van der Waals surface area contributed by atoms with Gasteiger partial charge in [-0.05, 0) is 79.3 Å². The second kappa shape index (κ2) is 12.8. The number of carboxylic acid groups (broad SMARTS) is 1. The number of halogens is 3. The summed E-state index contributed by atoms with van der Waals surface area (Å²) in [6.07, 6.45) is 4.81. The number of nitriles is 1. The smallest absolute Gasteiger partial charge is 0.308 e. The predicted octanol–water partition coefficient (Wildman–Crippen LogP) is 9.93. The molecule has 2 unspecified atom stereocenters. The van der Waals surface area contributed by atoms with Crippen LogP contribution in [0.25, 0.3) is 50.1 Å². The van der Waals surface area contributed by atoms with Crippen LogP contribution in [0.2, 0.25) is 0 Å². The van der Waals surface area contributed by atoms with Crippen LogP contribution in [0.15, 0.2) is 97.2 Å². The zero-order valence-corrected chi connectivity index (χ0v) is 27.7. The van der Waals surface area contributed by atoms with Crippen molar-refractivity contribution in [2.45, 2.75) is 38.6 Å². The lowest BCUT2D eigenvalue weighted by Crippen LogP contribution is -2.51. The molecule has 51 heavy (non-hydrogen) atoms. The molecule has 0 amide bonds. The van der Waals surface area contributed by atoms with Crippen LogP contribution in [0, 0.1) is 53.5 Å². The molecule has 4 aromatic carbocycles. The van der Waals surface area contributed by atoms with Crippen molar-refractivity contribution in [1.82, 2.24) is 9.55 Å². The van der Waals surface area contributed by atoms with Crippen LogP contribution in [0.5, 0.6) is 0 Å². The molecule has 2 atom stereocenters. The molecule has 9 heteroatoms. The van der Waals surface area contributed by atoms with E-state index in [0.717, 1.165) is 48.4 Å². The molecule has 0 aliphatic heterocycles. The van der Waals surface area contributed by atoms with Gasteiger partial charge in [-0.25, -0.2) is 18.2 Å². The van der Waals surface area contributed by atoms with Gasteiger partial charge >= 0.3 is 5.97 Å². The third-order valence-corrected chi connectivity index (χ3v) is 10.7. The average Bonchev–Trinajstić information content (AvgIpc) is 3.52. The molecule has 3 fully saturated rings. The first-order valence-electron chi connectivity index (χ1n) is 17.1. The van der Waals surface area contributed by atoms with Crippen molar-refractivity contribution < 1.29 is 23.1 Å². The number of aliphatic carboxylic acids is 1. The highest BCUT2D eigenvalue weighted by Gasteiger charge is 2.48. The number of nitrogens with zero attached hydrogens (tertiary/aromatic N) is 3. The lowest BCUT2D eigenvalue weighted by atomic mass is 9.61. The summed E-state index contributed by atoms with van der Waals surface area (Å²) in [5.74, 6) is -4.36. The monoisotopic (exact) mass is 682 g/mol. The second-order valence-corrected chi connectivity index (χ2v) is 13.7. The standard InChI is InChI=1S/C42H33F3N4O2/c1-23-7-17-30(18-8-23)49-22-33(31-19-29(43)20-34(44)40(31)49)39-32(21-46)35(26-11-9-25(10-12-26)24-5-3-2-4-6-24)37(45)41(48-39)47-38-28-15-13-27(14-16-28)36(38)42(50)51/h2-12,17-20,22,27-28,36,38H,13-16H2,1H3,(H,47,48)(H,50,51). The Morgan fingerprint density at radius 2 is 1.53 bits per heavy atom. The third kappa shape index (κ3) is 5.61. The molecular weight excluding hydrogens is 649 g/mol. The molecule has 0 saturated heterocycles. The zero-order chi connectivity index (χ0) is 35.4. The Balaban J connectivity index is 1.37. The maximum Gasteiger partial charge on any atom is 0.308 e. The fraction of sp³-hybridized carbons (Fsp3) is 0.214. The molecule has 3 aliphatic carbocycles. The largest absolute Gasteiger partial charge is 0.481 e. The van der Waals surface area contributed by atoms with Crippen LogP contribution in [0.1, 0.15) is 36.8 Å². The Morgan fingerprint density at radius 3 is 2.20 bits per heavy atom. The molecule has 6 nitrogen and oxygen atoms in total. The molecule has 6 aromatic rings. The second-order valence-electron chi connectivity index (χ2n) is 13.7. The zero-order valence-electron chi connectivity index (χ0n) is 27.7. The number of carbonyl (C=O) groups is 1. The lowest BCUT2D eigenvalue weighted by Gasteiger charge is -2.47. The van der Waals surface area contributed by atoms with Crippen molar-refractivity contribution in [1.29, 1.82) is 5.26 Å². The Kier molecular flexibility index (Phi) is 8.10. The summed E-state index contributed by atoms with van der Waals surface area (Å²) in [6, 6.07) is 27.7. The first kappa shape index (κ1) is 32.3. The van der Waals surface area contributed by atoms with Crippen molar-refractivity contribution in [2.75, 3.05) is 5.32 Å². The van der Waals surface area contributed by atoms with Gasteiger partial charge in [-0.15, -0.1) is 0 Å². The molecule has 2 heterocycles. The summed E-state index contributed by atoms with van der Waals surface area (Å²) in [5, 5.41) is 24.3. The number of fused-ring (bicyclic) bond motifs is 4. The SMILES string of the molecule is Cc1ccc(-n2cc(-c3nc(NC4C5CCC(CC5)C4C(=O)O)c(F)c(-c4ccc(-c5ccccc5)cc4)c3C#N)c3cc(F)cc(F)c32)cc1. The van der Waals surface area contributed by atoms with Gasteiger partial charge in [0, 0.05) is 40.5 Å². The molecule has 0 spiro atoms. The van der Waals surface area contributed by atoms with Gasteiger partial charge in [0.15, 0.2) is 17.5 Å². The van der Waals surface area contributed by atoms with Gasteiger partial charge in [0.25, 0.3) is 0 Å². The van der Waals surface area contributed by atoms with E-state index >= 15 is 8.78 Å². The van der Waals surface area contributed by atoms with E-state index in [1.807, 2.05) is 73.7 Å². The Morgan fingerprint density at radius 1 is 0.882 bits per heavy atom. The molecule has 3 saturated carbocycles. The number of benzene rings is 4. The topological polar surface area (TPSA) is 90.9 Å². The van der Waals surface area contributed by atoms with Crippen LogP contribution in [0.3, 0.4) is 0 Å². The number of hydrogen-bond acceptors (Lipinski definition) is 4. The number of aryl methyl sites for hydroxylation is 1. The van der Waals surface area contributed by atoms with Crippen LogP contribution < -0.4 is 5.32 Å². The fourth-order valence-corrected chi connectivity index (χ4v) is 8.24. The molecular formula is C42H33F3N4O2. The van der Waals surface area contributed by atoms with Crippen LogP contribution in [0.4, 0.5) is 19.0 Å². The van der Waals surface area contributed by atoms with E-state index in [0.29, 0.717) is 11.3 Å². The fourth-order valence-electron chi connectivity index (χ4n) is 8.24. The van der Waals surface area contributed by atoms with Crippen molar-refractivity contribution >= 4 is 22.7 Å². The van der Waals surface area contributed by atoms with E-state index in [1.54, 1.807) is 22.9 Å². The number of nitrogens with one attached hydrogen (secondary N) is 1. The van der Waals surface area contributed by atoms with Gasteiger partial charge in [-0.3, -0.25) is 4.79 Å². The van der Waals surface area contributed by atoms with E-state index in [9.17, 15) is 19.6 Å². The number of aromatic nitrogens is 2. The molecule has 2 bridgehead atoms. The number of rotatable bonds is 7. The van der Waals surface area contributed by atoms with Gasteiger partial charge in [-0.1, -0.05) is 72.3 Å². The minimum absolute atomic E-state index is 0.00311. The summed E-state index contributed by atoms with van der Waals surface area (Å²) >= 11 is 0. The van der Waals surface area contributed by atoms with E-state index < -0.39 is 35.4 Å². The van der Waals surface area contributed by atoms with Crippen molar-refractivity contribution in [2.24, 2.45) is 17.8 Å². The molecule has 0 radical (unpaired) electrons. The lowest BCUT2D eigenvalue weighted by molar-refractivity contribution is -0.148. The molecule has 2 aromatic heterocycles. The van der Waals surface area contributed by atoms with E-state index in [4.69, 9.17) is 4.98 Å². The molecule has 9 rings (SSSR count). The molecule has 2 N–H and O–H groups in total. The Bertz CT molecular complexity index is 2340. The van der Waals surface area contributed by atoms with E-state index in [-0.39, 0.29) is 50.9 Å². The number of hydrogen-bond donors (Lipinski definition) is 2. The van der Waals surface area contributed by atoms with Crippen molar-refractivity contribution in [3.05, 3.63) is 126 Å². The normalized spacial score (nSPS) is 19.6. The minimum atomic E-state index is -0.944. The predicted molar refractivity (Wildman–Crippen MR) is 191 cm³/mol. The van der Waals surface area contributed by atoms with Crippen molar-refractivity contribution in [3.8, 4) is 45.3 Å². The van der Waals surface area contributed by atoms with Gasteiger partial charge in [0.1, 0.15) is 11.9 Å². The highest BCUT2D eigenvalue weighted by Crippen LogP contribution is 2.48. The van der Waals surface area contributed by atoms with E-state index in [2.05, 4.69) is 11.4 Å². The van der Waals surface area contributed by atoms with Crippen LogP contribution >= 0.6 is 0 Å². The van der Waals surface area contributed by atoms with Gasteiger partial charge in [0.2, 0.25) is 0 Å². The average molecular weight is 683 g/mol. The number of pyridine rings is 1. The maximum atomic E-state index is 17.1. The highest BCUT2D eigenvalue weighted by atomic mass is 19.1. The number of carboxylic acids is 1.